The molecular weight excluding hydrogens is 160 g/mol. The van der Waals surface area contributed by atoms with Crippen molar-refractivity contribution < 1.29 is 4.74 Å². The lowest BCUT2D eigenvalue weighted by Gasteiger charge is -2.03. The van der Waals surface area contributed by atoms with Crippen LogP contribution in [0.3, 0.4) is 0 Å². The quantitative estimate of drug-likeness (QED) is 0.630. The second kappa shape index (κ2) is 5.76. The molecule has 0 spiro atoms. The summed E-state index contributed by atoms with van der Waals surface area (Å²) in [5, 5.41) is 0. The first-order chi connectivity index (χ1) is 6.36. The maximum Gasteiger partial charge on any atom is 0.0506 e. The van der Waals surface area contributed by atoms with Crippen molar-refractivity contribution in [3.8, 4) is 0 Å². The van der Waals surface area contributed by atoms with Gasteiger partial charge in [0.1, 0.15) is 0 Å². The van der Waals surface area contributed by atoms with Gasteiger partial charge >= 0.3 is 0 Å². The summed E-state index contributed by atoms with van der Waals surface area (Å²) < 4.78 is 5.31. The highest BCUT2D eigenvalue weighted by Crippen LogP contribution is 2.06. The van der Waals surface area contributed by atoms with Crippen LogP contribution >= 0.6 is 0 Å². The van der Waals surface area contributed by atoms with E-state index in [0.29, 0.717) is 0 Å². The highest BCUT2D eigenvalue weighted by molar-refractivity contribution is 5.23. The molecule has 0 atom stereocenters. The molecule has 0 fully saturated rings. The van der Waals surface area contributed by atoms with Gasteiger partial charge in [0.15, 0.2) is 0 Å². The Balaban J connectivity index is 2.46. The molecule has 0 saturated carbocycles. The summed E-state index contributed by atoms with van der Waals surface area (Å²) in [6, 6.07) is 8.72. The van der Waals surface area contributed by atoms with Crippen LogP contribution in [0.1, 0.15) is 25.0 Å². The van der Waals surface area contributed by atoms with Crippen LogP contribution in [0.5, 0.6) is 0 Å². The maximum atomic E-state index is 5.31. The van der Waals surface area contributed by atoms with Gasteiger partial charge in [0, 0.05) is 6.61 Å². The lowest BCUT2D eigenvalue weighted by Crippen LogP contribution is -1.98. The van der Waals surface area contributed by atoms with E-state index >= 15 is 0 Å². The Kier molecular flexibility index (Phi) is 4.55. The molecule has 72 valence electrons. The van der Waals surface area contributed by atoms with E-state index in [1.165, 1.54) is 11.1 Å². The van der Waals surface area contributed by atoms with Crippen LogP contribution in [-0.4, -0.2) is 13.2 Å². The molecule has 1 nitrogen and oxygen atoms in total. The van der Waals surface area contributed by atoms with Crippen LogP contribution < -0.4 is 0 Å². The number of benzene rings is 1. The van der Waals surface area contributed by atoms with Gasteiger partial charge in [-0.05, 0) is 30.9 Å². The van der Waals surface area contributed by atoms with Gasteiger partial charge in [0.25, 0.3) is 0 Å². The van der Waals surface area contributed by atoms with Crippen LogP contribution in [0.15, 0.2) is 24.3 Å². The van der Waals surface area contributed by atoms with E-state index in [4.69, 9.17) is 4.74 Å². The maximum absolute atomic E-state index is 5.31. The van der Waals surface area contributed by atoms with Gasteiger partial charge in [-0.2, -0.15) is 0 Å². The lowest BCUT2D eigenvalue weighted by atomic mass is 10.1. The van der Waals surface area contributed by atoms with Crippen molar-refractivity contribution >= 4 is 0 Å². The Morgan fingerprint density at radius 3 is 2.62 bits per heavy atom. The fraction of sp³-hybridized carbons (Fsp3) is 0.500. The Morgan fingerprint density at radius 1 is 1.15 bits per heavy atom. The molecule has 0 bridgehead atoms. The van der Waals surface area contributed by atoms with Crippen molar-refractivity contribution in [1.29, 1.82) is 0 Å². The summed E-state index contributed by atoms with van der Waals surface area (Å²) in [6.07, 6.45) is 2.14. The standard InChI is InChI=1S/C12H18O/c1-3-11-6-5-7-12(10-11)8-9-13-4-2/h5-7,10H,3-4,8-9H2,1-2H3. The number of aryl methyl sites for hydroxylation is 1. The average molecular weight is 178 g/mol. The second-order valence-corrected chi connectivity index (χ2v) is 3.12. The average Bonchev–Trinajstić information content (AvgIpc) is 2.19. The van der Waals surface area contributed by atoms with E-state index in [-0.39, 0.29) is 0 Å². The van der Waals surface area contributed by atoms with Gasteiger partial charge in [-0.15, -0.1) is 0 Å². The van der Waals surface area contributed by atoms with E-state index in [9.17, 15) is 0 Å². The molecule has 1 rings (SSSR count). The molecule has 0 saturated heterocycles. The fourth-order valence-electron chi connectivity index (χ4n) is 1.34. The van der Waals surface area contributed by atoms with Gasteiger partial charge in [0.2, 0.25) is 0 Å². The van der Waals surface area contributed by atoms with E-state index in [1.807, 2.05) is 6.92 Å². The monoisotopic (exact) mass is 178 g/mol. The summed E-state index contributed by atoms with van der Waals surface area (Å²) in [4.78, 5) is 0. The largest absolute Gasteiger partial charge is 0.381 e. The third kappa shape index (κ3) is 3.60. The van der Waals surface area contributed by atoms with Gasteiger partial charge in [-0.1, -0.05) is 31.2 Å². The first kappa shape index (κ1) is 10.3. The summed E-state index contributed by atoms with van der Waals surface area (Å²) >= 11 is 0. The molecule has 0 heterocycles. The minimum atomic E-state index is 0.813. The molecule has 1 heteroatoms. The van der Waals surface area contributed by atoms with Crippen molar-refractivity contribution in [3.05, 3.63) is 35.4 Å². The Hall–Kier alpha value is -0.820. The van der Waals surface area contributed by atoms with Crippen LogP contribution in [0, 0.1) is 0 Å². The Bertz CT molecular complexity index is 243. The first-order valence-corrected chi connectivity index (χ1v) is 5.02. The summed E-state index contributed by atoms with van der Waals surface area (Å²) in [5.41, 5.74) is 2.79. The third-order valence-electron chi connectivity index (χ3n) is 2.14. The normalized spacial score (nSPS) is 10.3. The van der Waals surface area contributed by atoms with Crippen molar-refractivity contribution in [2.45, 2.75) is 26.7 Å². The molecular formula is C12H18O. The number of rotatable bonds is 5. The molecule has 0 aliphatic carbocycles. The van der Waals surface area contributed by atoms with E-state index in [1.54, 1.807) is 0 Å². The van der Waals surface area contributed by atoms with Crippen molar-refractivity contribution in [2.24, 2.45) is 0 Å². The Labute approximate surface area is 80.7 Å². The molecule has 0 aromatic heterocycles. The van der Waals surface area contributed by atoms with Crippen LogP contribution in [-0.2, 0) is 17.6 Å². The van der Waals surface area contributed by atoms with E-state index in [0.717, 1.165) is 26.1 Å². The minimum absolute atomic E-state index is 0.813. The van der Waals surface area contributed by atoms with Gasteiger partial charge in [-0.3, -0.25) is 0 Å². The van der Waals surface area contributed by atoms with Crippen molar-refractivity contribution in [1.82, 2.24) is 0 Å². The molecule has 0 radical (unpaired) electrons. The summed E-state index contributed by atoms with van der Waals surface area (Å²) in [6.45, 7) is 5.86. The fourth-order valence-corrected chi connectivity index (χ4v) is 1.34. The highest BCUT2D eigenvalue weighted by Gasteiger charge is 1.94. The molecule has 0 aliphatic rings. The second-order valence-electron chi connectivity index (χ2n) is 3.12. The third-order valence-corrected chi connectivity index (χ3v) is 2.14. The molecule has 13 heavy (non-hydrogen) atoms. The lowest BCUT2D eigenvalue weighted by molar-refractivity contribution is 0.151. The van der Waals surface area contributed by atoms with Crippen molar-refractivity contribution in [2.75, 3.05) is 13.2 Å². The molecule has 0 aliphatic heterocycles. The summed E-state index contributed by atoms with van der Waals surface area (Å²) in [7, 11) is 0. The van der Waals surface area contributed by atoms with Gasteiger partial charge in [0.05, 0.1) is 6.61 Å². The van der Waals surface area contributed by atoms with E-state index < -0.39 is 0 Å². The molecule has 0 amide bonds. The molecule has 1 aromatic carbocycles. The Morgan fingerprint density at radius 2 is 1.92 bits per heavy atom. The zero-order chi connectivity index (χ0) is 9.52. The number of hydrogen-bond donors (Lipinski definition) is 0. The predicted octanol–water partition coefficient (Wildman–Crippen LogP) is 2.83. The number of ether oxygens (including phenoxy) is 1. The first-order valence-electron chi connectivity index (χ1n) is 5.02. The van der Waals surface area contributed by atoms with Crippen molar-refractivity contribution in [3.63, 3.8) is 0 Å². The van der Waals surface area contributed by atoms with Crippen LogP contribution in [0.2, 0.25) is 0 Å². The number of hydrogen-bond acceptors (Lipinski definition) is 1. The topological polar surface area (TPSA) is 9.23 Å². The molecule has 0 N–H and O–H groups in total. The van der Waals surface area contributed by atoms with Crippen LogP contribution in [0.4, 0.5) is 0 Å². The highest BCUT2D eigenvalue weighted by atomic mass is 16.5. The van der Waals surface area contributed by atoms with Gasteiger partial charge < -0.3 is 4.74 Å². The van der Waals surface area contributed by atoms with Gasteiger partial charge in [-0.25, -0.2) is 0 Å². The SMILES string of the molecule is CCOCCc1cccc(CC)c1. The minimum Gasteiger partial charge on any atom is -0.381 e. The zero-order valence-electron chi connectivity index (χ0n) is 8.55. The molecule has 0 unspecified atom stereocenters. The molecule has 1 aromatic rings. The smallest absolute Gasteiger partial charge is 0.0506 e. The predicted molar refractivity (Wildman–Crippen MR) is 56.0 cm³/mol. The van der Waals surface area contributed by atoms with E-state index in [2.05, 4.69) is 31.2 Å². The zero-order valence-corrected chi connectivity index (χ0v) is 8.55. The summed E-state index contributed by atoms with van der Waals surface area (Å²) in [5.74, 6) is 0. The van der Waals surface area contributed by atoms with Crippen LogP contribution in [0.25, 0.3) is 0 Å².